The number of esters is 1. The van der Waals surface area contributed by atoms with E-state index in [4.69, 9.17) is 21.9 Å². The second kappa shape index (κ2) is 25.8. The van der Waals surface area contributed by atoms with E-state index in [9.17, 15) is 19.2 Å². The second-order valence-corrected chi connectivity index (χ2v) is 15.6. The van der Waals surface area contributed by atoms with Crippen molar-refractivity contribution in [3.8, 4) is 0 Å². The van der Waals surface area contributed by atoms with Gasteiger partial charge in [-0.2, -0.15) is 0 Å². The Hall–Kier alpha value is -4.25. The third-order valence-electron chi connectivity index (χ3n) is 7.59. The van der Waals surface area contributed by atoms with E-state index in [0.29, 0.717) is 81.4 Å². The van der Waals surface area contributed by atoms with Gasteiger partial charge in [-0.1, -0.05) is 13.8 Å². The van der Waals surface area contributed by atoms with Gasteiger partial charge < -0.3 is 41.8 Å². The minimum absolute atomic E-state index is 0. The normalized spacial score (nSPS) is 12.9. The lowest BCUT2D eigenvalue weighted by Crippen LogP contribution is -2.37. The maximum atomic E-state index is 13.1. The van der Waals surface area contributed by atoms with E-state index in [1.54, 1.807) is 29.6 Å². The molecule has 2 aliphatic rings. The van der Waals surface area contributed by atoms with Gasteiger partial charge in [0, 0.05) is 63.6 Å². The zero-order valence-corrected chi connectivity index (χ0v) is 36.3. The van der Waals surface area contributed by atoms with Gasteiger partial charge >= 0.3 is 12.1 Å². The SMILES string of the molecule is CCCN(CCCN)C(=O)C1=Cc2sccc2N=C(N)C1.CCCN(CCCNC(=O)OC(C)(C)C)C(=O)C1=Cc2sccc2N=C(N)C1.CCOC(C)=O.Cl. The highest BCUT2D eigenvalue weighted by molar-refractivity contribution is 7.11. The van der Waals surface area contributed by atoms with Gasteiger partial charge in [-0.15, -0.1) is 35.1 Å². The number of amidine groups is 2. The molecular formula is C39H61ClN8O6S2. The van der Waals surface area contributed by atoms with Crippen molar-refractivity contribution in [2.45, 2.75) is 92.6 Å². The molecule has 0 radical (unpaired) electrons. The predicted octanol–water partition coefficient (Wildman–Crippen LogP) is 6.78. The Kier molecular flexibility index (Phi) is 22.9. The number of ether oxygens (including phenoxy) is 2. The molecule has 3 amide bonds. The minimum Gasteiger partial charge on any atom is -0.466 e. The highest BCUT2D eigenvalue weighted by Gasteiger charge is 2.23. The maximum absolute atomic E-state index is 13.1. The molecule has 0 saturated heterocycles. The second-order valence-electron chi connectivity index (χ2n) is 13.7. The summed E-state index contributed by atoms with van der Waals surface area (Å²) in [5, 5.41) is 6.63. The molecule has 0 atom stereocenters. The first-order valence-electron chi connectivity index (χ1n) is 18.7. The van der Waals surface area contributed by atoms with Crippen LogP contribution in [-0.4, -0.2) is 96.8 Å². The van der Waals surface area contributed by atoms with E-state index in [1.807, 2.05) is 72.5 Å². The van der Waals surface area contributed by atoms with Crippen molar-refractivity contribution in [3.63, 3.8) is 0 Å². The third-order valence-corrected chi connectivity index (χ3v) is 9.30. The summed E-state index contributed by atoms with van der Waals surface area (Å²) in [7, 11) is 0. The highest BCUT2D eigenvalue weighted by atomic mass is 35.5. The highest BCUT2D eigenvalue weighted by Crippen LogP contribution is 2.32. The van der Waals surface area contributed by atoms with Crippen LogP contribution in [0.2, 0.25) is 0 Å². The summed E-state index contributed by atoms with van der Waals surface area (Å²) in [6, 6.07) is 3.83. The number of hydrogen-bond donors (Lipinski definition) is 4. The molecule has 0 bridgehead atoms. The Balaban J connectivity index is 0.000000494. The predicted molar refractivity (Wildman–Crippen MR) is 232 cm³/mol. The Bertz CT molecular complexity index is 1700. The van der Waals surface area contributed by atoms with Crippen LogP contribution in [0, 0.1) is 0 Å². The average Bonchev–Trinajstić information content (AvgIpc) is 3.66. The number of carbonyl (C=O) groups excluding carboxylic acids is 4. The van der Waals surface area contributed by atoms with E-state index in [0.717, 1.165) is 46.9 Å². The van der Waals surface area contributed by atoms with Crippen molar-refractivity contribution in [3.05, 3.63) is 43.8 Å². The quantitative estimate of drug-likeness (QED) is 0.117. The van der Waals surface area contributed by atoms with Crippen molar-refractivity contribution >= 4 is 94.2 Å². The van der Waals surface area contributed by atoms with Crippen molar-refractivity contribution in [2.75, 3.05) is 45.9 Å². The number of nitrogens with zero attached hydrogens (tertiary/aromatic N) is 4. The van der Waals surface area contributed by atoms with Crippen molar-refractivity contribution in [1.82, 2.24) is 15.1 Å². The number of nitrogens with one attached hydrogen (secondary N) is 1. The van der Waals surface area contributed by atoms with Gasteiger partial charge in [0.2, 0.25) is 11.8 Å². The first-order chi connectivity index (χ1) is 26.1. The molecule has 7 N–H and O–H groups in total. The van der Waals surface area contributed by atoms with Crippen LogP contribution < -0.4 is 22.5 Å². The standard InChI is InChI=1S/C20H30N4O3S.C15H22N4OS.C4H8O2.ClH/c1-5-9-24(10-6-8-22-19(26)27-20(2,3)4)18(25)14-12-16-15(7-11-28-16)23-17(21)13-14;1-2-6-19(7-3-5-16)15(20)11-9-13-12(4-8-21-13)18-14(17)10-11;1-3-6-4(2)5;/h7,11-12H,5-6,8-10,13H2,1-4H3,(H2,21,23)(H,22,26);4,8-9H,2-3,5-7,10,16H2,1H3,(H2,17,18);3H2,1-2H3;1H. The lowest BCUT2D eigenvalue weighted by atomic mass is 10.1. The van der Waals surface area contributed by atoms with Crippen LogP contribution in [0.4, 0.5) is 16.2 Å². The van der Waals surface area contributed by atoms with Crippen LogP contribution in [-0.2, 0) is 23.9 Å². The van der Waals surface area contributed by atoms with E-state index in [1.165, 1.54) is 6.92 Å². The van der Waals surface area contributed by atoms with Gasteiger partial charge in [0.25, 0.3) is 0 Å². The lowest BCUT2D eigenvalue weighted by Gasteiger charge is -2.24. The fourth-order valence-electron chi connectivity index (χ4n) is 5.34. The van der Waals surface area contributed by atoms with Crippen LogP contribution in [0.25, 0.3) is 12.2 Å². The topological polar surface area (TPSA) is 208 Å². The monoisotopic (exact) mass is 836 g/mol. The minimum atomic E-state index is -0.525. The van der Waals surface area contributed by atoms with Gasteiger partial charge in [-0.05, 0) is 95.0 Å². The van der Waals surface area contributed by atoms with Crippen LogP contribution in [0.15, 0.2) is 44.0 Å². The van der Waals surface area contributed by atoms with Crippen molar-refractivity contribution < 1.29 is 28.7 Å². The molecule has 2 aromatic heterocycles. The van der Waals surface area contributed by atoms with E-state index < -0.39 is 11.7 Å². The lowest BCUT2D eigenvalue weighted by molar-refractivity contribution is -0.140. The molecule has 56 heavy (non-hydrogen) atoms. The van der Waals surface area contributed by atoms with Gasteiger partial charge in [-0.25, -0.2) is 14.8 Å². The van der Waals surface area contributed by atoms with E-state index >= 15 is 0 Å². The summed E-state index contributed by atoms with van der Waals surface area (Å²) in [6.45, 7) is 16.9. The molecule has 2 aromatic rings. The van der Waals surface area contributed by atoms with E-state index in [-0.39, 0.29) is 30.2 Å². The van der Waals surface area contributed by atoms with Gasteiger partial charge in [0.1, 0.15) is 17.3 Å². The molecular weight excluding hydrogens is 776 g/mol. The molecule has 14 nitrogen and oxygen atoms in total. The molecule has 0 aromatic carbocycles. The Morgan fingerprint density at radius 3 is 1.64 bits per heavy atom. The molecule has 0 spiro atoms. The molecule has 17 heteroatoms. The number of fused-ring (bicyclic) bond motifs is 2. The molecule has 0 fully saturated rings. The Labute approximate surface area is 346 Å². The first-order valence-corrected chi connectivity index (χ1v) is 20.5. The molecule has 4 rings (SSSR count). The third kappa shape index (κ3) is 18.1. The number of aliphatic imine (C=N–C) groups is 2. The number of thiophene rings is 2. The number of alkyl carbamates (subject to hydrolysis) is 1. The fraction of sp³-hybridized carbons (Fsp3) is 0.538. The number of rotatable bonds is 14. The van der Waals surface area contributed by atoms with Gasteiger partial charge in [0.05, 0.1) is 27.7 Å². The molecule has 2 aliphatic heterocycles. The molecule has 312 valence electrons. The first kappa shape index (κ1) is 49.8. The summed E-state index contributed by atoms with van der Waals surface area (Å²) < 4.78 is 9.62. The Morgan fingerprint density at radius 2 is 1.27 bits per heavy atom. The van der Waals surface area contributed by atoms with Gasteiger partial charge in [-0.3, -0.25) is 14.4 Å². The zero-order valence-electron chi connectivity index (χ0n) is 33.9. The number of nitrogens with two attached hydrogens (primary N) is 3. The molecule has 0 aliphatic carbocycles. The zero-order chi connectivity index (χ0) is 41.0. The van der Waals surface area contributed by atoms with Crippen LogP contribution in [0.1, 0.15) is 96.7 Å². The number of hydrogen-bond acceptors (Lipinski definition) is 13. The number of amides is 3. The summed E-state index contributed by atoms with van der Waals surface area (Å²) in [5.41, 5.74) is 20.0. The smallest absolute Gasteiger partial charge is 0.407 e. The van der Waals surface area contributed by atoms with E-state index in [2.05, 4.69) is 27.0 Å². The molecule has 0 unspecified atom stereocenters. The fourth-order valence-corrected chi connectivity index (χ4v) is 6.91. The number of carbonyl (C=O) groups is 4. The average molecular weight is 838 g/mol. The largest absolute Gasteiger partial charge is 0.466 e. The summed E-state index contributed by atoms with van der Waals surface area (Å²) >= 11 is 3.12. The molecule has 4 heterocycles. The van der Waals surface area contributed by atoms with Crippen molar-refractivity contribution in [2.24, 2.45) is 27.2 Å². The van der Waals surface area contributed by atoms with Crippen LogP contribution >= 0.6 is 35.1 Å². The Morgan fingerprint density at radius 1 is 0.804 bits per heavy atom. The summed E-state index contributed by atoms with van der Waals surface area (Å²) in [6.07, 6.45) is 7.37. The number of halogens is 1. The van der Waals surface area contributed by atoms with Gasteiger partial charge in [0.15, 0.2) is 0 Å². The van der Waals surface area contributed by atoms with Crippen molar-refractivity contribution in [1.29, 1.82) is 0 Å². The maximum Gasteiger partial charge on any atom is 0.407 e. The summed E-state index contributed by atoms with van der Waals surface area (Å²) in [5.74, 6) is 0.738. The van der Waals surface area contributed by atoms with Crippen LogP contribution in [0.3, 0.4) is 0 Å². The van der Waals surface area contributed by atoms with Crippen LogP contribution in [0.5, 0.6) is 0 Å². The summed E-state index contributed by atoms with van der Waals surface area (Å²) in [4.78, 5) is 61.7. The molecule has 0 saturated carbocycles.